The van der Waals surface area contributed by atoms with E-state index in [-0.39, 0.29) is 5.91 Å². The minimum atomic E-state index is 0.122. The van der Waals surface area contributed by atoms with E-state index < -0.39 is 0 Å². The summed E-state index contributed by atoms with van der Waals surface area (Å²) < 4.78 is 10.7. The van der Waals surface area contributed by atoms with Crippen molar-refractivity contribution in [2.45, 2.75) is 19.8 Å². The quantitative estimate of drug-likeness (QED) is 0.694. The predicted molar refractivity (Wildman–Crippen MR) is 92.2 cm³/mol. The molecule has 122 valence electrons. The molecule has 4 nitrogen and oxygen atoms in total. The highest BCUT2D eigenvalue weighted by molar-refractivity contribution is 5.93. The second-order valence-corrected chi connectivity index (χ2v) is 5.10. The predicted octanol–water partition coefficient (Wildman–Crippen LogP) is 3.91. The summed E-state index contributed by atoms with van der Waals surface area (Å²) in [5.74, 6) is 1.71. The molecule has 1 amide bonds. The molecule has 0 aromatic heterocycles. The lowest BCUT2D eigenvalue weighted by atomic mass is 10.2. The van der Waals surface area contributed by atoms with Gasteiger partial charge in [0.05, 0.1) is 13.7 Å². The Morgan fingerprint density at radius 2 is 1.65 bits per heavy atom. The second-order valence-electron chi connectivity index (χ2n) is 5.10. The maximum absolute atomic E-state index is 12.3. The third kappa shape index (κ3) is 5.02. The van der Waals surface area contributed by atoms with Gasteiger partial charge in [0, 0.05) is 18.7 Å². The van der Waals surface area contributed by atoms with E-state index in [4.69, 9.17) is 9.47 Å². The minimum absolute atomic E-state index is 0.122. The first kappa shape index (κ1) is 16.9. The highest BCUT2D eigenvalue weighted by Gasteiger charge is 2.12. The van der Waals surface area contributed by atoms with E-state index in [2.05, 4.69) is 0 Å². The van der Waals surface area contributed by atoms with Crippen LogP contribution in [-0.4, -0.2) is 26.2 Å². The topological polar surface area (TPSA) is 38.8 Å². The van der Waals surface area contributed by atoms with Crippen LogP contribution in [0.25, 0.3) is 0 Å². The SMILES string of the molecule is CCN(C(=O)CCCOc1ccc(OC)cc1)c1ccccc1. The lowest BCUT2D eigenvalue weighted by Gasteiger charge is -2.21. The fourth-order valence-corrected chi connectivity index (χ4v) is 2.33. The molecule has 0 saturated heterocycles. The molecule has 0 fully saturated rings. The van der Waals surface area contributed by atoms with Crippen molar-refractivity contribution in [3.63, 3.8) is 0 Å². The van der Waals surface area contributed by atoms with Gasteiger partial charge < -0.3 is 14.4 Å². The normalized spacial score (nSPS) is 10.2. The summed E-state index contributed by atoms with van der Waals surface area (Å²) in [6.07, 6.45) is 1.16. The van der Waals surface area contributed by atoms with Gasteiger partial charge in [0.2, 0.25) is 5.91 Å². The number of ether oxygens (including phenoxy) is 2. The average Bonchev–Trinajstić information content (AvgIpc) is 2.61. The molecule has 0 unspecified atom stereocenters. The lowest BCUT2D eigenvalue weighted by molar-refractivity contribution is -0.118. The Balaban J connectivity index is 1.77. The van der Waals surface area contributed by atoms with E-state index in [1.165, 1.54) is 0 Å². The maximum atomic E-state index is 12.3. The van der Waals surface area contributed by atoms with Crippen LogP contribution in [0.2, 0.25) is 0 Å². The molecule has 0 aliphatic carbocycles. The zero-order valence-corrected chi connectivity index (χ0v) is 13.7. The number of nitrogens with zero attached hydrogens (tertiary/aromatic N) is 1. The molecule has 0 saturated carbocycles. The minimum Gasteiger partial charge on any atom is -0.497 e. The number of benzene rings is 2. The number of anilines is 1. The number of hydrogen-bond donors (Lipinski definition) is 0. The molecule has 2 rings (SSSR count). The van der Waals surface area contributed by atoms with Crippen molar-refractivity contribution in [1.82, 2.24) is 0 Å². The van der Waals surface area contributed by atoms with E-state index >= 15 is 0 Å². The largest absolute Gasteiger partial charge is 0.497 e. The molecule has 0 spiro atoms. The number of methoxy groups -OCH3 is 1. The Kier molecular flexibility index (Phi) is 6.48. The van der Waals surface area contributed by atoms with Crippen LogP contribution < -0.4 is 14.4 Å². The monoisotopic (exact) mass is 313 g/mol. The van der Waals surface area contributed by atoms with Crippen LogP contribution in [0.4, 0.5) is 5.69 Å². The van der Waals surface area contributed by atoms with Crippen LogP contribution in [0.15, 0.2) is 54.6 Å². The second kappa shape index (κ2) is 8.83. The number of carbonyl (C=O) groups excluding carboxylic acids is 1. The van der Waals surface area contributed by atoms with Crippen molar-refractivity contribution in [3.05, 3.63) is 54.6 Å². The van der Waals surface area contributed by atoms with Gasteiger partial charge in [-0.05, 0) is 49.7 Å². The van der Waals surface area contributed by atoms with Crippen molar-refractivity contribution in [2.24, 2.45) is 0 Å². The molecule has 0 aliphatic rings. The van der Waals surface area contributed by atoms with Crippen molar-refractivity contribution >= 4 is 11.6 Å². The zero-order chi connectivity index (χ0) is 16.5. The molecule has 0 radical (unpaired) electrons. The average molecular weight is 313 g/mol. The summed E-state index contributed by atoms with van der Waals surface area (Å²) in [7, 11) is 1.63. The maximum Gasteiger partial charge on any atom is 0.227 e. The third-order valence-electron chi connectivity index (χ3n) is 3.55. The summed E-state index contributed by atoms with van der Waals surface area (Å²) in [6.45, 7) is 3.17. The highest BCUT2D eigenvalue weighted by Crippen LogP contribution is 2.18. The number of para-hydroxylation sites is 1. The molecule has 23 heavy (non-hydrogen) atoms. The van der Waals surface area contributed by atoms with Crippen molar-refractivity contribution in [3.8, 4) is 11.5 Å². The standard InChI is InChI=1S/C19H23NO3/c1-3-20(16-8-5-4-6-9-16)19(21)10-7-15-23-18-13-11-17(22-2)12-14-18/h4-6,8-9,11-14H,3,7,10,15H2,1-2H3. The Morgan fingerprint density at radius 3 is 2.26 bits per heavy atom. The Hall–Kier alpha value is -2.49. The van der Waals surface area contributed by atoms with Crippen LogP contribution in [-0.2, 0) is 4.79 Å². The number of amides is 1. The molecular weight excluding hydrogens is 290 g/mol. The Labute approximate surface area is 137 Å². The highest BCUT2D eigenvalue weighted by atomic mass is 16.5. The molecule has 0 aliphatic heterocycles. The molecule has 2 aromatic rings. The first-order valence-electron chi connectivity index (χ1n) is 7.87. The number of hydrogen-bond acceptors (Lipinski definition) is 3. The fraction of sp³-hybridized carbons (Fsp3) is 0.316. The van der Waals surface area contributed by atoms with Gasteiger partial charge in [0.25, 0.3) is 0 Å². The summed E-state index contributed by atoms with van der Waals surface area (Å²) in [4.78, 5) is 14.1. The smallest absolute Gasteiger partial charge is 0.227 e. The summed E-state index contributed by atoms with van der Waals surface area (Å²) in [5.41, 5.74) is 0.941. The fourth-order valence-electron chi connectivity index (χ4n) is 2.33. The van der Waals surface area contributed by atoms with E-state index in [1.807, 2.05) is 61.5 Å². The lowest BCUT2D eigenvalue weighted by Crippen LogP contribution is -2.30. The molecule has 4 heteroatoms. The summed E-state index contributed by atoms with van der Waals surface area (Å²) in [5, 5.41) is 0. The van der Waals surface area contributed by atoms with Crippen LogP contribution >= 0.6 is 0 Å². The molecule has 0 N–H and O–H groups in total. The first-order valence-corrected chi connectivity index (χ1v) is 7.87. The van der Waals surface area contributed by atoms with Gasteiger partial charge in [-0.1, -0.05) is 18.2 Å². The van der Waals surface area contributed by atoms with Gasteiger partial charge in [0.15, 0.2) is 0 Å². The van der Waals surface area contributed by atoms with Gasteiger partial charge in [-0.15, -0.1) is 0 Å². The van der Waals surface area contributed by atoms with Crippen molar-refractivity contribution in [1.29, 1.82) is 0 Å². The van der Waals surface area contributed by atoms with Crippen LogP contribution in [0.1, 0.15) is 19.8 Å². The first-order chi connectivity index (χ1) is 11.2. The van der Waals surface area contributed by atoms with E-state index in [0.717, 1.165) is 17.2 Å². The number of carbonyl (C=O) groups is 1. The van der Waals surface area contributed by atoms with E-state index in [9.17, 15) is 4.79 Å². The van der Waals surface area contributed by atoms with Crippen LogP contribution in [0.5, 0.6) is 11.5 Å². The van der Waals surface area contributed by atoms with Crippen molar-refractivity contribution in [2.75, 3.05) is 25.2 Å². The number of rotatable bonds is 8. The van der Waals surface area contributed by atoms with Gasteiger partial charge in [-0.25, -0.2) is 0 Å². The summed E-state index contributed by atoms with van der Waals surface area (Å²) >= 11 is 0. The molecule has 0 heterocycles. The van der Waals surface area contributed by atoms with Gasteiger partial charge >= 0.3 is 0 Å². The van der Waals surface area contributed by atoms with Crippen molar-refractivity contribution < 1.29 is 14.3 Å². The van der Waals surface area contributed by atoms with E-state index in [1.54, 1.807) is 12.0 Å². The Bertz CT molecular complexity index is 596. The molecule has 0 atom stereocenters. The molecular formula is C19H23NO3. The zero-order valence-electron chi connectivity index (χ0n) is 13.7. The van der Waals surface area contributed by atoms with E-state index in [0.29, 0.717) is 26.0 Å². The Morgan fingerprint density at radius 1 is 1.00 bits per heavy atom. The third-order valence-corrected chi connectivity index (χ3v) is 3.55. The van der Waals surface area contributed by atoms with Gasteiger partial charge in [-0.2, -0.15) is 0 Å². The van der Waals surface area contributed by atoms with Gasteiger partial charge in [-0.3, -0.25) is 4.79 Å². The molecule has 2 aromatic carbocycles. The van der Waals surface area contributed by atoms with Crippen LogP contribution in [0.3, 0.4) is 0 Å². The summed E-state index contributed by atoms with van der Waals surface area (Å²) in [6, 6.07) is 17.2. The van der Waals surface area contributed by atoms with Crippen LogP contribution in [0, 0.1) is 0 Å². The van der Waals surface area contributed by atoms with Gasteiger partial charge in [0.1, 0.15) is 11.5 Å². The molecule has 0 bridgehead atoms.